The van der Waals surface area contributed by atoms with Crippen LogP contribution in [0.1, 0.15) is 0 Å². The molecule has 3 N–H and O–H groups in total. The van der Waals surface area contributed by atoms with Gasteiger partial charge in [0.05, 0.1) is 17.4 Å². The van der Waals surface area contributed by atoms with Gasteiger partial charge in [-0.05, 0) is 36.4 Å². The summed E-state index contributed by atoms with van der Waals surface area (Å²) in [6.07, 6.45) is 5.01. The lowest BCUT2D eigenvalue weighted by molar-refractivity contribution is 0.254. The Hall–Kier alpha value is -3.86. The number of carbonyl (C=O) groups is 1. The average molecular weight is 412 g/mol. The number of hydrogen-bond acceptors (Lipinski definition) is 6. The number of nitrogens with one attached hydrogen (secondary N) is 3. The number of amides is 2. The Morgan fingerprint density at radius 2 is 1.97 bits per heavy atom. The lowest BCUT2D eigenvalue weighted by Crippen LogP contribution is -2.24. The van der Waals surface area contributed by atoms with E-state index in [9.17, 15) is 13.2 Å². The number of hydrogen-bond donors (Lipinski definition) is 3. The fourth-order valence-corrected chi connectivity index (χ4v) is 3.56. The molecule has 2 aromatic heterocycles. The van der Waals surface area contributed by atoms with Crippen LogP contribution in [0.4, 0.5) is 10.7 Å². The summed E-state index contributed by atoms with van der Waals surface area (Å²) in [4.78, 5) is 22.4. The van der Waals surface area contributed by atoms with Gasteiger partial charge < -0.3 is 19.1 Å². The highest BCUT2D eigenvalue weighted by Crippen LogP contribution is 2.24. The summed E-state index contributed by atoms with van der Waals surface area (Å²) in [5.74, 6) is 0.348. The Kier molecular flexibility index (Phi) is 4.64. The lowest BCUT2D eigenvalue weighted by Gasteiger charge is -2.08. The molecule has 0 fully saturated rings. The van der Waals surface area contributed by atoms with Gasteiger partial charge in [0.25, 0.3) is 0 Å². The SMILES string of the molecule is CNC(=O)Nc1nc2ccc(OS(=O)(=O)c3ccc(-n4ccnc4)cc3)cc2[nH]1. The molecule has 148 valence electrons. The van der Waals surface area contributed by atoms with Crippen LogP contribution in [-0.4, -0.2) is 41.0 Å². The molecule has 0 spiro atoms. The van der Waals surface area contributed by atoms with Crippen LogP contribution < -0.4 is 14.8 Å². The number of urea groups is 1. The second-order valence-corrected chi connectivity index (χ2v) is 7.52. The van der Waals surface area contributed by atoms with Crippen LogP contribution in [0.2, 0.25) is 0 Å². The third kappa shape index (κ3) is 3.89. The number of carbonyl (C=O) groups excluding carboxylic acids is 1. The molecule has 0 aliphatic heterocycles. The number of imidazole rings is 2. The van der Waals surface area contributed by atoms with E-state index >= 15 is 0 Å². The quantitative estimate of drug-likeness (QED) is 0.431. The van der Waals surface area contributed by atoms with Gasteiger partial charge in [-0.3, -0.25) is 5.32 Å². The Morgan fingerprint density at radius 1 is 1.17 bits per heavy atom. The smallest absolute Gasteiger partial charge is 0.339 e. The van der Waals surface area contributed by atoms with E-state index in [1.54, 1.807) is 41.5 Å². The van der Waals surface area contributed by atoms with Crippen molar-refractivity contribution in [2.75, 3.05) is 12.4 Å². The van der Waals surface area contributed by atoms with Gasteiger partial charge in [-0.15, -0.1) is 0 Å². The van der Waals surface area contributed by atoms with Crippen molar-refractivity contribution in [2.45, 2.75) is 4.90 Å². The zero-order valence-electron chi connectivity index (χ0n) is 15.2. The Balaban J connectivity index is 1.55. The van der Waals surface area contributed by atoms with Crippen LogP contribution >= 0.6 is 0 Å². The van der Waals surface area contributed by atoms with Crippen molar-refractivity contribution >= 4 is 33.1 Å². The predicted molar refractivity (Wildman–Crippen MR) is 106 cm³/mol. The number of aromatic amines is 1. The number of anilines is 1. The molecule has 0 atom stereocenters. The van der Waals surface area contributed by atoms with Gasteiger partial charge in [0, 0.05) is 31.2 Å². The van der Waals surface area contributed by atoms with Crippen LogP contribution in [0.15, 0.2) is 66.1 Å². The summed E-state index contributed by atoms with van der Waals surface area (Å²) in [5.41, 5.74) is 1.84. The molecule has 0 saturated heterocycles. The largest absolute Gasteiger partial charge is 0.379 e. The molecule has 0 aliphatic rings. The topological polar surface area (TPSA) is 131 Å². The molecule has 2 amide bonds. The number of benzene rings is 2. The number of fused-ring (bicyclic) bond motifs is 1. The van der Waals surface area contributed by atoms with Gasteiger partial charge in [-0.25, -0.2) is 14.8 Å². The summed E-state index contributed by atoms with van der Waals surface area (Å²) in [6.45, 7) is 0. The van der Waals surface area contributed by atoms with Gasteiger partial charge in [0.1, 0.15) is 10.6 Å². The van der Waals surface area contributed by atoms with E-state index in [1.807, 2.05) is 0 Å². The van der Waals surface area contributed by atoms with Crippen LogP contribution in [0, 0.1) is 0 Å². The zero-order chi connectivity index (χ0) is 20.4. The van der Waals surface area contributed by atoms with Crippen molar-refractivity contribution in [2.24, 2.45) is 0 Å². The number of nitrogens with zero attached hydrogens (tertiary/aromatic N) is 3. The van der Waals surface area contributed by atoms with E-state index in [-0.39, 0.29) is 16.6 Å². The van der Waals surface area contributed by atoms with Crippen molar-refractivity contribution in [3.05, 3.63) is 61.2 Å². The van der Waals surface area contributed by atoms with Crippen molar-refractivity contribution in [3.63, 3.8) is 0 Å². The van der Waals surface area contributed by atoms with Gasteiger partial charge in [0.2, 0.25) is 5.95 Å². The molecule has 0 radical (unpaired) electrons. The fraction of sp³-hybridized carbons (Fsp3) is 0.0556. The standard InChI is InChI=1S/C18H16N6O4S/c1-19-18(25)23-17-21-15-7-4-13(10-16(15)22-17)28-29(26,27)14-5-2-12(3-6-14)24-9-8-20-11-24/h2-11H,1H3,(H3,19,21,22,23,25). The maximum atomic E-state index is 12.6. The van der Waals surface area contributed by atoms with Gasteiger partial charge >= 0.3 is 16.1 Å². The van der Waals surface area contributed by atoms with Crippen molar-refractivity contribution < 1.29 is 17.4 Å². The van der Waals surface area contributed by atoms with E-state index in [2.05, 4.69) is 25.6 Å². The van der Waals surface area contributed by atoms with E-state index in [4.69, 9.17) is 4.18 Å². The third-order valence-corrected chi connectivity index (χ3v) is 5.31. The molecular weight excluding hydrogens is 396 g/mol. The maximum Gasteiger partial charge on any atom is 0.339 e. The minimum atomic E-state index is -4.02. The van der Waals surface area contributed by atoms with Gasteiger partial charge in [-0.2, -0.15) is 8.42 Å². The first kappa shape index (κ1) is 18.5. The zero-order valence-corrected chi connectivity index (χ0v) is 16.0. The molecule has 4 aromatic rings. The number of H-pyrrole nitrogens is 1. The van der Waals surface area contributed by atoms with Crippen LogP contribution in [0.25, 0.3) is 16.7 Å². The second-order valence-electron chi connectivity index (χ2n) is 5.97. The first-order chi connectivity index (χ1) is 13.9. The molecule has 11 heteroatoms. The first-order valence-electron chi connectivity index (χ1n) is 8.46. The summed E-state index contributed by atoms with van der Waals surface area (Å²) in [6, 6.07) is 10.4. The maximum absolute atomic E-state index is 12.6. The minimum absolute atomic E-state index is 0.0213. The van der Waals surface area contributed by atoms with Crippen molar-refractivity contribution in [1.82, 2.24) is 24.8 Å². The third-order valence-electron chi connectivity index (χ3n) is 4.05. The Morgan fingerprint density at radius 3 is 2.66 bits per heavy atom. The van der Waals surface area contributed by atoms with Crippen LogP contribution in [-0.2, 0) is 10.1 Å². The molecule has 0 bridgehead atoms. The molecule has 10 nitrogen and oxygen atoms in total. The van der Waals surface area contributed by atoms with Crippen LogP contribution in [0.5, 0.6) is 5.75 Å². The Bertz CT molecular complexity index is 1260. The van der Waals surface area contributed by atoms with Crippen molar-refractivity contribution in [1.29, 1.82) is 0 Å². The molecular formula is C18H16N6O4S. The van der Waals surface area contributed by atoms with Crippen LogP contribution in [0.3, 0.4) is 0 Å². The number of aromatic nitrogens is 4. The highest BCUT2D eigenvalue weighted by molar-refractivity contribution is 7.87. The lowest BCUT2D eigenvalue weighted by atomic mass is 10.3. The molecule has 0 saturated carbocycles. The summed E-state index contributed by atoms with van der Waals surface area (Å²) in [7, 11) is -2.54. The van der Waals surface area contributed by atoms with Gasteiger partial charge in [0.15, 0.2) is 0 Å². The molecule has 2 heterocycles. The predicted octanol–water partition coefficient (Wildman–Crippen LogP) is 2.27. The highest BCUT2D eigenvalue weighted by atomic mass is 32.2. The summed E-state index contributed by atoms with van der Waals surface area (Å²) < 4.78 is 32.2. The average Bonchev–Trinajstić information content (AvgIpc) is 3.37. The minimum Gasteiger partial charge on any atom is -0.379 e. The second kappa shape index (κ2) is 7.28. The first-order valence-corrected chi connectivity index (χ1v) is 9.87. The summed E-state index contributed by atoms with van der Waals surface area (Å²) in [5, 5.41) is 4.92. The van der Waals surface area contributed by atoms with E-state index in [0.29, 0.717) is 11.0 Å². The monoisotopic (exact) mass is 412 g/mol. The van der Waals surface area contributed by atoms with Crippen molar-refractivity contribution in [3.8, 4) is 11.4 Å². The van der Waals surface area contributed by atoms with Gasteiger partial charge in [-0.1, -0.05) is 0 Å². The normalized spacial score (nSPS) is 11.3. The van der Waals surface area contributed by atoms with E-state index in [0.717, 1.165) is 5.69 Å². The Labute approximate surface area is 165 Å². The fourth-order valence-electron chi connectivity index (χ4n) is 2.64. The van der Waals surface area contributed by atoms with E-state index < -0.39 is 16.1 Å². The highest BCUT2D eigenvalue weighted by Gasteiger charge is 2.17. The molecule has 0 unspecified atom stereocenters. The molecule has 4 rings (SSSR count). The molecule has 0 aliphatic carbocycles. The molecule has 2 aromatic carbocycles. The summed E-state index contributed by atoms with van der Waals surface area (Å²) >= 11 is 0. The number of rotatable bonds is 5. The van der Waals surface area contributed by atoms with E-state index in [1.165, 1.54) is 31.3 Å². The molecule has 29 heavy (non-hydrogen) atoms.